The van der Waals surface area contributed by atoms with Gasteiger partial charge in [0.1, 0.15) is 0 Å². The first-order valence-corrected chi connectivity index (χ1v) is 6.97. The Balaban J connectivity index is 0.00000162. The Morgan fingerprint density at radius 2 is 1.84 bits per heavy atom. The zero-order valence-corrected chi connectivity index (χ0v) is 13.4. The van der Waals surface area contributed by atoms with Gasteiger partial charge in [-0.25, -0.2) is 0 Å². The second-order valence-electron chi connectivity index (χ2n) is 5.24. The van der Waals surface area contributed by atoms with Gasteiger partial charge >= 0.3 is 0 Å². The molecule has 2 aliphatic heterocycles. The van der Waals surface area contributed by atoms with Crippen molar-refractivity contribution >= 4 is 30.7 Å². The minimum atomic E-state index is 0. The zero-order valence-electron chi connectivity index (χ0n) is 11.8. The van der Waals surface area contributed by atoms with Crippen molar-refractivity contribution in [1.82, 2.24) is 15.1 Å². The van der Waals surface area contributed by atoms with Crippen LogP contribution >= 0.6 is 24.8 Å². The lowest BCUT2D eigenvalue weighted by molar-refractivity contribution is -0.132. The van der Waals surface area contributed by atoms with Crippen molar-refractivity contribution in [2.24, 2.45) is 0 Å². The van der Waals surface area contributed by atoms with Gasteiger partial charge in [-0.15, -0.1) is 24.8 Å². The zero-order chi connectivity index (χ0) is 12.1. The van der Waals surface area contributed by atoms with Crippen LogP contribution in [0, 0.1) is 0 Å². The molecule has 0 aromatic carbocycles. The molecule has 0 bridgehead atoms. The molecule has 0 aromatic rings. The lowest BCUT2D eigenvalue weighted by Crippen LogP contribution is -2.43. The topological polar surface area (TPSA) is 35.6 Å². The van der Waals surface area contributed by atoms with Crippen molar-refractivity contribution in [3.05, 3.63) is 0 Å². The van der Waals surface area contributed by atoms with Gasteiger partial charge in [0.2, 0.25) is 5.91 Å². The van der Waals surface area contributed by atoms with E-state index in [2.05, 4.69) is 15.1 Å². The van der Waals surface area contributed by atoms with Crippen LogP contribution in [0.1, 0.15) is 32.1 Å². The van der Waals surface area contributed by atoms with Crippen LogP contribution in [0.2, 0.25) is 0 Å². The highest BCUT2D eigenvalue weighted by molar-refractivity contribution is 5.85. The molecule has 1 unspecified atom stereocenters. The normalized spacial score (nSPS) is 23.0. The third kappa shape index (κ3) is 5.46. The summed E-state index contributed by atoms with van der Waals surface area (Å²) in [7, 11) is 1.90. The summed E-state index contributed by atoms with van der Waals surface area (Å²) in [6.07, 6.45) is 5.69. The fourth-order valence-corrected chi connectivity index (χ4v) is 2.99. The van der Waals surface area contributed by atoms with Crippen LogP contribution in [0.3, 0.4) is 0 Å². The van der Waals surface area contributed by atoms with Gasteiger partial charge in [0.25, 0.3) is 0 Å². The maximum absolute atomic E-state index is 12.1. The number of halogens is 2. The molecule has 0 radical (unpaired) electrons. The molecule has 4 nitrogen and oxygen atoms in total. The lowest BCUT2D eigenvalue weighted by Gasteiger charge is -2.28. The molecule has 2 heterocycles. The average Bonchev–Trinajstić information content (AvgIpc) is 2.97. The molecule has 1 atom stereocenters. The van der Waals surface area contributed by atoms with Crippen LogP contribution in [0.25, 0.3) is 0 Å². The molecule has 1 amide bonds. The van der Waals surface area contributed by atoms with Gasteiger partial charge in [0.15, 0.2) is 0 Å². The molecule has 0 aromatic heterocycles. The Morgan fingerprint density at radius 1 is 1.16 bits per heavy atom. The van der Waals surface area contributed by atoms with Gasteiger partial charge in [-0.3, -0.25) is 4.79 Å². The SMILES string of the molecule is CNCCC(=O)N1CCCC1CN1CCCC1.Cl.Cl. The van der Waals surface area contributed by atoms with Gasteiger partial charge in [-0.2, -0.15) is 0 Å². The van der Waals surface area contributed by atoms with E-state index in [1.165, 1.54) is 38.8 Å². The van der Waals surface area contributed by atoms with Crippen molar-refractivity contribution in [1.29, 1.82) is 0 Å². The van der Waals surface area contributed by atoms with Crippen molar-refractivity contribution in [3.63, 3.8) is 0 Å². The van der Waals surface area contributed by atoms with Gasteiger partial charge in [-0.05, 0) is 45.8 Å². The van der Waals surface area contributed by atoms with Crippen molar-refractivity contribution in [2.75, 3.05) is 39.8 Å². The number of amides is 1. The van der Waals surface area contributed by atoms with Gasteiger partial charge in [0.05, 0.1) is 0 Å². The summed E-state index contributed by atoms with van der Waals surface area (Å²) in [4.78, 5) is 16.7. The predicted molar refractivity (Wildman–Crippen MR) is 83.4 cm³/mol. The predicted octanol–water partition coefficient (Wildman–Crippen LogP) is 1.53. The van der Waals surface area contributed by atoms with Crippen LogP contribution in [0.4, 0.5) is 0 Å². The molecule has 0 saturated carbocycles. The second-order valence-corrected chi connectivity index (χ2v) is 5.24. The number of rotatable bonds is 5. The Morgan fingerprint density at radius 3 is 2.47 bits per heavy atom. The number of nitrogens with one attached hydrogen (secondary N) is 1. The number of nitrogens with zero attached hydrogens (tertiary/aromatic N) is 2. The van der Waals surface area contributed by atoms with E-state index in [4.69, 9.17) is 0 Å². The molecule has 1 N–H and O–H groups in total. The molecule has 2 aliphatic rings. The first-order valence-electron chi connectivity index (χ1n) is 6.97. The summed E-state index contributed by atoms with van der Waals surface area (Å²) in [5.74, 6) is 0.334. The summed E-state index contributed by atoms with van der Waals surface area (Å²) in [6, 6.07) is 0.484. The van der Waals surface area contributed by atoms with Gasteiger partial charge in [0, 0.05) is 32.1 Å². The molecule has 2 fully saturated rings. The number of hydrogen-bond acceptors (Lipinski definition) is 3. The molecule has 114 valence electrons. The van der Waals surface area contributed by atoms with Crippen LogP contribution in [-0.2, 0) is 4.79 Å². The second kappa shape index (κ2) is 9.81. The Hall–Kier alpha value is -0.0300. The summed E-state index contributed by atoms with van der Waals surface area (Å²) >= 11 is 0. The maximum Gasteiger partial charge on any atom is 0.224 e. The van der Waals surface area contributed by atoms with Crippen LogP contribution in [0.15, 0.2) is 0 Å². The van der Waals surface area contributed by atoms with E-state index in [1.54, 1.807) is 0 Å². The van der Waals surface area contributed by atoms with Gasteiger partial charge < -0.3 is 15.1 Å². The van der Waals surface area contributed by atoms with E-state index in [-0.39, 0.29) is 24.8 Å². The Bertz CT molecular complexity index is 260. The van der Waals surface area contributed by atoms with E-state index in [1.807, 2.05) is 7.05 Å². The van der Waals surface area contributed by atoms with Crippen molar-refractivity contribution in [3.8, 4) is 0 Å². The Labute approximate surface area is 129 Å². The van der Waals surface area contributed by atoms with Crippen molar-refractivity contribution in [2.45, 2.75) is 38.1 Å². The van der Waals surface area contributed by atoms with E-state index in [9.17, 15) is 4.79 Å². The highest BCUT2D eigenvalue weighted by Gasteiger charge is 2.30. The number of carbonyl (C=O) groups excluding carboxylic acids is 1. The third-order valence-corrected chi connectivity index (χ3v) is 3.95. The number of carbonyl (C=O) groups is 1. The summed E-state index contributed by atoms with van der Waals surface area (Å²) in [5, 5.41) is 3.05. The largest absolute Gasteiger partial charge is 0.338 e. The van der Waals surface area contributed by atoms with E-state index >= 15 is 0 Å². The fraction of sp³-hybridized carbons (Fsp3) is 0.923. The first-order chi connectivity index (χ1) is 8.31. The first kappa shape index (κ1) is 19.0. The molecule has 2 rings (SSSR count). The highest BCUT2D eigenvalue weighted by Crippen LogP contribution is 2.20. The smallest absolute Gasteiger partial charge is 0.224 e. The Kier molecular flexibility index (Phi) is 9.79. The summed E-state index contributed by atoms with van der Waals surface area (Å²) in [6.45, 7) is 5.34. The van der Waals surface area contributed by atoms with E-state index in [0.717, 1.165) is 19.6 Å². The summed E-state index contributed by atoms with van der Waals surface area (Å²) < 4.78 is 0. The molecule has 0 spiro atoms. The van der Waals surface area contributed by atoms with Crippen LogP contribution in [0.5, 0.6) is 0 Å². The molecule has 2 saturated heterocycles. The minimum Gasteiger partial charge on any atom is -0.338 e. The van der Waals surface area contributed by atoms with Crippen LogP contribution < -0.4 is 5.32 Å². The minimum absolute atomic E-state index is 0. The van der Waals surface area contributed by atoms with Crippen LogP contribution in [-0.4, -0.2) is 61.5 Å². The van der Waals surface area contributed by atoms with E-state index < -0.39 is 0 Å². The third-order valence-electron chi connectivity index (χ3n) is 3.95. The average molecular weight is 312 g/mol. The molecule has 0 aliphatic carbocycles. The number of hydrogen-bond donors (Lipinski definition) is 1. The standard InChI is InChI=1S/C13H25N3O.2ClH/c1-14-7-6-13(17)16-10-4-5-12(16)11-15-8-2-3-9-15;;/h12,14H,2-11H2,1H3;2*1H. The van der Waals surface area contributed by atoms with E-state index in [0.29, 0.717) is 18.4 Å². The molecule has 19 heavy (non-hydrogen) atoms. The van der Waals surface area contributed by atoms with Crippen molar-refractivity contribution < 1.29 is 4.79 Å². The molecular formula is C13H27Cl2N3O. The molecular weight excluding hydrogens is 285 g/mol. The summed E-state index contributed by atoms with van der Waals surface area (Å²) in [5.41, 5.74) is 0. The lowest BCUT2D eigenvalue weighted by atomic mass is 10.2. The highest BCUT2D eigenvalue weighted by atomic mass is 35.5. The van der Waals surface area contributed by atoms with Gasteiger partial charge in [-0.1, -0.05) is 0 Å². The molecule has 6 heteroatoms. The number of likely N-dealkylation sites (tertiary alicyclic amines) is 2. The maximum atomic E-state index is 12.1. The monoisotopic (exact) mass is 311 g/mol. The fourth-order valence-electron chi connectivity index (χ4n) is 2.99. The quantitative estimate of drug-likeness (QED) is 0.836.